The van der Waals surface area contributed by atoms with E-state index in [0.29, 0.717) is 12.4 Å². The Balaban J connectivity index is 2.46. The minimum atomic E-state index is -0.366. The molecule has 1 aromatic rings. The first-order valence-electron chi connectivity index (χ1n) is 4.52. The zero-order valence-corrected chi connectivity index (χ0v) is 9.03. The molecule has 0 bridgehead atoms. The third kappa shape index (κ3) is 2.83. The molecule has 0 radical (unpaired) electrons. The standard InChI is InChI=1S/C9H16N4O/c1-9(2,3)8(14)10-5-7-11-6-13(4)12-7/h6H,5H2,1-4H3,(H,10,14). The molecule has 0 aromatic carbocycles. The van der Waals surface area contributed by atoms with Crippen LogP contribution in [0.4, 0.5) is 0 Å². The van der Waals surface area contributed by atoms with Gasteiger partial charge in [0.1, 0.15) is 6.33 Å². The van der Waals surface area contributed by atoms with E-state index in [0.717, 1.165) is 0 Å². The normalized spacial score (nSPS) is 11.4. The monoisotopic (exact) mass is 196 g/mol. The van der Waals surface area contributed by atoms with Gasteiger partial charge in [-0.05, 0) is 0 Å². The first-order valence-corrected chi connectivity index (χ1v) is 4.52. The Morgan fingerprint density at radius 1 is 1.57 bits per heavy atom. The van der Waals surface area contributed by atoms with Crippen molar-refractivity contribution in [1.82, 2.24) is 20.1 Å². The molecule has 1 aromatic heterocycles. The molecular formula is C9H16N4O. The van der Waals surface area contributed by atoms with Gasteiger partial charge in [-0.25, -0.2) is 4.98 Å². The van der Waals surface area contributed by atoms with E-state index < -0.39 is 0 Å². The number of hydrogen-bond acceptors (Lipinski definition) is 3. The van der Waals surface area contributed by atoms with E-state index in [9.17, 15) is 4.79 Å². The fraction of sp³-hybridized carbons (Fsp3) is 0.667. The van der Waals surface area contributed by atoms with Gasteiger partial charge in [0.25, 0.3) is 0 Å². The SMILES string of the molecule is Cn1cnc(CNC(=O)C(C)(C)C)n1. The van der Waals surface area contributed by atoms with Gasteiger partial charge in [-0.3, -0.25) is 9.48 Å². The number of carbonyl (C=O) groups is 1. The molecule has 5 heteroatoms. The summed E-state index contributed by atoms with van der Waals surface area (Å²) in [7, 11) is 1.79. The highest BCUT2D eigenvalue weighted by Crippen LogP contribution is 2.12. The third-order valence-electron chi connectivity index (χ3n) is 1.74. The van der Waals surface area contributed by atoms with E-state index in [2.05, 4.69) is 15.4 Å². The second-order valence-corrected chi connectivity index (χ2v) is 4.27. The molecule has 78 valence electrons. The zero-order chi connectivity index (χ0) is 10.8. The fourth-order valence-electron chi connectivity index (χ4n) is 0.889. The second kappa shape index (κ2) is 3.77. The Morgan fingerprint density at radius 2 is 2.21 bits per heavy atom. The van der Waals surface area contributed by atoms with Crippen LogP contribution in [0, 0.1) is 5.41 Å². The Morgan fingerprint density at radius 3 is 2.64 bits per heavy atom. The maximum atomic E-state index is 11.5. The summed E-state index contributed by atoms with van der Waals surface area (Å²) < 4.78 is 1.61. The molecule has 0 spiro atoms. The lowest BCUT2D eigenvalue weighted by molar-refractivity contribution is -0.128. The number of carbonyl (C=O) groups excluding carboxylic acids is 1. The molecule has 0 atom stereocenters. The lowest BCUT2D eigenvalue weighted by atomic mass is 9.96. The average molecular weight is 196 g/mol. The van der Waals surface area contributed by atoms with Gasteiger partial charge in [0.2, 0.25) is 5.91 Å². The number of amides is 1. The van der Waals surface area contributed by atoms with Gasteiger partial charge in [-0.2, -0.15) is 5.10 Å². The van der Waals surface area contributed by atoms with Crippen LogP contribution in [0.3, 0.4) is 0 Å². The molecule has 14 heavy (non-hydrogen) atoms. The molecule has 0 saturated heterocycles. The average Bonchev–Trinajstić information content (AvgIpc) is 2.45. The molecule has 1 rings (SSSR count). The van der Waals surface area contributed by atoms with Crippen molar-refractivity contribution in [2.24, 2.45) is 12.5 Å². The molecule has 1 heterocycles. The van der Waals surface area contributed by atoms with Gasteiger partial charge in [-0.1, -0.05) is 20.8 Å². The predicted molar refractivity (Wildman–Crippen MR) is 52.3 cm³/mol. The lowest BCUT2D eigenvalue weighted by Crippen LogP contribution is -2.34. The van der Waals surface area contributed by atoms with E-state index in [4.69, 9.17) is 0 Å². The maximum Gasteiger partial charge on any atom is 0.225 e. The fourth-order valence-corrected chi connectivity index (χ4v) is 0.889. The van der Waals surface area contributed by atoms with Gasteiger partial charge < -0.3 is 5.32 Å². The minimum absolute atomic E-state index is 0.00459. The molecule has 5 nitrogen and oxygen atoms in total. The quantitative estimate of drug-likeness (QED) is 0.748. The van der Waals surface area contributed by atoms with Crippen LogP contribution < -0.4 is 5.32 Å². The van der Waals surface area contributed by atoms with Crippen molar-refractivity contribution in [2.45, 2.75) is 27.3 Å². The zero-order valence-electron chi connectivity index (χ0n) is 9.03. The van der Waals surface area contributed by atoms with Crippen molar-refractivity contribution < 1.29 is 4.79 Å². The molecule has 1 N–H and O–H groups in total. The van der Waals surface area contributed by atoms with Crippen LogP contribution in [0.2, 0.25) is 0 Å². The van der Waals surface area contributed by atoms with Crippen LogP contribution in [0.1, 0.15) is 26.6 Å². The van der Waals surface area contributed by atoms with Gasteiger partial charge >= 0.3 is 0 Å². The summed E-state index contributed by atoms with van der Waals surface area (Å²) in [6.45, 7) is 5.99. The molecule has 1 amide bonds. The van der Waals surface area contributed by atoms with E-state index in [1.807, 2.05) is 20.8 Å². The number of hydrogen-bond donors (Lipinski definition) is 1. The Hall–Kier alpha value is -1.39. The summed E-state index contributed by atoms with van der Waals surface area (Å²) in [5.41, 5.74) is -0.366. The minimum Gasteiger partial charge on any atom is -0.348 e. The van der Waals surface area contributed by atoms with Crippen molar-refractivity contribution in [3.05, 3.63) is 12.2 Å². The van der Waals surface area contributed by atoms with Gasteiger partial charge in [-0.15, -0.1) is 0 Å². The second-order valence-electron chi connectivity index (χ2n) is 4.27. The highest BCUT2D eigenvalue weighted by molar-refractivity contribution is 5.81. The van der Waals surface area contributed by atoms with E-state index in [1.54, 1.807) is 18.1 Å². The molecule has 0 aliphatic rings. The maximum absolute atomic E-state index is 11.5. The molecule has 0 aliphatic heterocycles. The summed E-state index contributed by atoms with van der Waals surface area (Å²) in [5.74, 6) is 0.634. The summed E-state index contributed by atoms with van der Waals surface area (Å²) in [6.07, 6.45) is 1.61. The van der Waals surface area contributed by atoms with Crippen LogP contribution in [-0.4, -0.2) is 20.7 Å². The van der Waals surface area contributed by atoms with Crippen molar-refractivity contribution >= 4 is 5.91 Å². The molecule has 0 fully saturated rings. The van der Waals surface area contributed by atoms with Crippen molar-refractivity contribution in [2.75, 3.05) is 0 Å². The van der Waals surface area contributed by atoms with Crippen LogP contribution in [0.5, 0.6) is 0 Å². The van der Waals surface area contributed by atoms with E-state index in [-0.39, 0.29) is 11.3 Å². The van der Waals surface area contributed by atoms with Gasteiger partial charge in [0.15, 0.2) is 5.82 Å². The number of rotatable bonds is 2. The highest BCUT2D eigenvalue weighted by Gasteiger charge is 2.20. The Labute approximate surface area is 83.5 Å². The van der Waals surface area contributed by atoms with Crippen LogP contribution in [-0.2, 0) is 18.4 Å². The number of nitrogens with zero attached hydrogens (tertiary/aromatic N) is 3. The number of nitrogens with one attached hydrogen (secondary N) is 1. The van der Waals surface area contributed by atoms with Crippen molar-refractivity contribution in [1.29, 1.82) is 0 Å². The largest absolute Gasteiger partial charge is 0.348 e. The first-order chi connectivity index (χ1) is 6.39. The smallest absolute Gasteiger partial charge is 0.225 e. The third-order valence-corrected chi connectivity index (χ3v) is 1.74. The van der Waals surface area contributed by atoms with Crippen molar-refractivity contribution in [3.8, 4) is 0 Å². The number of aromatic nitrogens is 3. The molecular weight excluding hydrogens is 180 g/mol. The summed E-state index contributed by atoms with van der Waals surface area (Å²) in [5, 5.41) is 6.83. The molecule has 0 unspecified atom stereocenters. The van der Waals surface area contributed by atoms with E-state index in [1.165, 1.54) is 0 Å². The summed E-state index contributed by atoms with van der Waals surface area (Å²) in [4.78, 5) is 15.5. The van der Waals surface area contributed by atoms with Crippen LogP contribution in [0.15, 0.2) is 6.33 Å². The Kier molecular flexibility index (Phi) is 2.88. The topological polar surface area (TPSA) is 59.8 Å². The van der Waals surface area contributed by atoms with E-state index >= 15 is 0 Å². The van der Waals surface area contributed by atoms with Gasteiger partial charge in [0.05, 0.1) is 6.54 Å². The highest BCUT2D eigenvalue weighted by atomic mass is 16.2. The summed E-state index contributed by atoms with van der Waals surface area (Å²) >= 11 is 0. The lowest BCUT2D eigenvalue weighted by Gasteiger charge is -2.16. The van der Waals surface area contributed by atoms with Crippen LogP contribution >= 0.6 is 0 Å². The van der Waals surface area contributed by atoms with Crippen molar-refractivity contribution in [3.63, 3.8) is 0 Å². The summed E-state index contributed by atoms with van der Waals surface area (Å²) in [6, 6.07) is 0. The van der Waals surface area contributed by atoms with Crippen LogP contribution in [0.25, 0.3) is 0 Å². The molecule has 0 saturated carbocycles. The first kappa shape index (κ1) is 10.7. The number of aryl methyl sites for hydroxylation is 1. The van der Waals surface area contributed by atoms with Gasteiger partial charge in [0, 0.05) is 12.5 Å². The predicted octanol–water partition coefficient (Wildman–Crippen LogP) is 0.477. The molecule has 0 aliphatic carbocycles. The Bertz CT molecular complexity index is 324.